The number of hydrogen-bond acceptors (Lipinski definition) is 3. The number of nitrogens with two attached hydrogens (primary N) is 1. The fourth-order valence-corrected chi connectivity index (χ4v) is 2.45. The molecule has 0 amide bonds. The average Bonchev–Trinajstić information content (AvgIpc) is 2.47. The van der Waals surface area contributed by atoms with Crippen LogP contribution in [-0.4, -0.2) is 11.3 Å². The first-order chi connectivity index (χ1) is 6.58. The van der Waals surface area contributed by atoms with Crippen molar-refractivity contribution in [1.82, 2.24) is 0 Å². The van der Waals surface area contributed by atoms with Crippen LogP contribution < -0.4 is 5.73 Å². The predicted octanol–water partition coefficient (Wildman–Crippen LogP) is 3.29. The summed E-state index contributed by atoms with van der Waals surface area (Å²) in [7, 11) is 0. The average molecular weight is 234 g/mol. The van der Waals surface area contributed by atoms with E-state index in [0.29, 0.717) is 10.5 Å². The van der Waals surface area contributed by atoms with E-state index in [-0.39, 0.29) is 6.04 Å². The zero-order valence-corrected chi connectivity index (χ0v) is 10.1. The Morgan fingerprint density at radius 1 is 1.50 bits per heavy atom. The van der Waals surface area contributed by atoms with Gasteiger partial charge in [0, 0.05) is 11.3 Å². The first-order valence-corrected chi connectivity index (χ1v) is 6.12. The first kappa shape index (κ1) is 12.0. The van der Waals surface area contributed by atoms with Crippen molar-refractivity contribution in [1.29, 1.82) is 0 Å². The minimum absolute atomic E-state index is 0.262. The van der Waals surface area contributed by atoms with Crippen molar-refractivity contribution in [2.45, 2.75) is 37.3 Å². The van der Waals surface area contributed by atoms with Crippen molar-refractivity contribution in [3.05, 3.63) is 23.1 Å². The molecule has 0 aromatic carbocycles. The van der Waals surface area contributed by atoms with Crippen LogP contribution in [0.25, 0.3) is 0 Å². The molecule has 80 valence electrons. The lowest BCUT2D eigenvalue weighted by atomic mass is 10.2. The molecular formula is C10H16ClNOS. The van der Waals surface area contributed by atoms with Crippen molar-refractivity contribution >= 4 is 23.4 Å². The van der Waals surface area contributed by atoms with E-state index in [9.17, 15) is 0 Å². The van der Waals surface area contributed by atoms with Crippen LogP contribution in [0.4, 0.5) is 0 Å². The van der Waals surface area contributed by atoms with E-state index in [0.717, 1.165) is 17.9 Å². The molecule has 1 aromatic heterocycles. The fourth-order valence-electron chi connectivity index (χ4n) is 1.25. The van der Waals surface area contributed by atoms with E-state index in [4.69, 9.17) is 21.8 Å². The molecule has 0 fully saturated rings. The Bertz CT molecular complexity index is 275. The summed E-state index contributed by atoms with van der Waals surface area (Å²) in [5, 5.41) is 1.01. The molecule has 2 unspecified atom stereocenters. The molecule has 2 atom stereocenters. The van der Waals surface area contributed by atoms with Gasteiger partial charge in [-0.1, -0.05) is 6.92 Å². The molecule has 1 heterocycles. The first-order valence-electron chi connectivity index (χ1n) is 4.69. The Morgan fingerprint density at radius 3 is 2.71 bits per heavy atom. The SMILES string of the molecule is CC(N)CC(C)SCc1ccc(Cl)o1. The highest BCUT2D eigenvalue weighted by atomic mass is 35.5. The summed E-state index contributed by atoms with van der Waals surface area (Å²) in [6.07, 6.45) is 1.03. The third-order valence-corrected chi connectivity index (χ3v) is 3.26. The fraction of sp³-hybridized carbons (Fsp3) is 0.600. The van der Waals surface area contributed by atoms with E-state index in [2.05, 4.69) is 6.92 Å². The zero-order valence-electron chi connectivity index (χ0n) is 8.50. The van der Waals surface area contributed by atoms with Crippen LogP contribution in [0, 0.1) is 0 Å². The zero-order chi connectivity index (χ0) is 10.6. The summed E-state index contributed by atoms with van der Waals surface area (Å²) in [5.41, 5.74) is 5.71. The Kier molecular flexibility index (Phi) is 4.85. The molecule has 0 aliphatic rings. The predicted molar refractivity (Wildman–Crippen MR) is 62.7 cm³/mol. The van der Waals surface area contributed by atoms with E-state index in [1.807, 2.05) is 24.8 Å². The van der Waals surface area contributed by atoms with Gasteiger partial charge in [-0.3, -0.25) is 0 Å². The Hall–Kier alpha value is -0.120. The van der Waals surface area contributed by atoms with Crippen molar-refractivity contribution in [2.75, 3.05) is 0 Å². The van der Waals surface area contributed by atoms with Gasteiger partial charge >= 0.3 is 0 Å². The topological polar surface area (TPSA) is 39.2 Å². The van der Waals surface area contributed by atoms with Gasteiger partial charge in [-0.05, 0) is 37.1 Å². The minimum Gasteiger partial charge on any atom is -0.449 e. The standard InChI is InChI=1S/C10H16ClNOS/c1-7(12)5-8(2)14-6-9-3-4-10(11)13-9/h3-4,7-8H,5-6,12H2,1-2H3. The maximum Gasteiger partial charge on any atom is 0.193 e. The summed E-state index contributed by atoms with van der Waals surface area (Å²) >= 11 is 7.50. The van der Waals surface area contributed by atoms with Crippen LogP contribution in [0.1, 0.15) is 26.0 Å². The second-order valence-electron chi connectivity index (χ2n) is 3.54. The van der Waals surface area contributed by atoms with Gasteiger partial charge in [-0.2, -0.15) is 11.8 Å². The van der Waals surface area contributed by atoms with Gasteiger partial charge < -0.3 is 10.2 Å². The molecule has 1 aromatic rings. The molecule has 0 saturated heterocycles. The monoisotopic (exact) mass is 233 g/mol. The number of hydrogen-bond donors (Lipinski definition) is 1. The van der Waals surface area contributed by atoms with E-state index in [1.54, 1.807) is 6.07 Å². The summed E-state index contributed by atoms with van der Waals surface area (Å²) < 4.78 is 5.25. The molecule has 0 aliphatic carbocycles. The molecule has 0 radical (unpaired) electrons. The van der Waals surface area contributed by atoms with E-state index >= 15 is 0 Å². The van der Waals surface area contributed by atoms with Crippen LogP contribution in [0.2, 0.25) is 5.22 Å². The maximum absolute atomic E-state index is 5.71. The number of halogens is 1. The number of furan rings is 1. The highest BCUT2D eigenvalue weighted by molar-refractivity contribution is 7.99. The lowest BCUT2D eigenvalue weighted by Gasteiger charge is -2.12. The Balaban J connectivity index is 2.26. The normalized spacial score (nSPS) is 15.4. The lowest BCUT2D eigenvalue weighted by Crippen LogP contribution is -2.19. The van der Waals surface area contributed by atoms with Gasteiger partial charge in [0.25, 0.3) is 0 Å². The smallest absolute Gasteiger partial charge is 0.193 e. The summed E-state index contributed by atoms with van der Waals surface area (Å²) in [6.45, 7) is 4.21. The molecule has 0 bridgehead atoms. The van der Waals surface area contributed by atoms with Gasteiger partial charge in [-0.15, -0.1) is 0 Å². The summed E-state index contributed by atoms with van der Waals surface area (Å²) in [6, 6.07) is 3.94. The quantitative estimate of drug-likeness (QED) is 0.848. The molecule has 2 N–H and O–H groups in total. The van der Waals surface area contributed by atoms with Crippen LogP contribution in [-0.2, 0) is 5.75 Å². The molecule has 0 saturated carbocycles. The largest absolute Gasteiger partial charge is 0.449 e. The second-order valence-corrected chi connectivity index (χ2v) is 5.34. The molecule has 4 heteroatoms. The Labute approximate surface area is 94.2 Å². The van der Waals surface area contributed by atoms with Gasteiger partial charge in [-0.25, -0.2) is 0 Å². The highest BCUT2D eigenvalue weighted by Gasteiger charge is 2.07. The van der Waals surface area contributed by atoms with Gasteiger partial charge in [0.15, 0.2) is 5.22 Å². The number of rotatable bonds is 5. The third-order valence-electron chi connectivity index (χ3n) is 1.84. The van der Waals surface area contributed by atoms with Crippen molar-refractivity contribution in [3.8, 4) is 0 Å². The van der Waals surface area contributed by atoms with Crippen LogP contribution in [0.3, 0.4) is 0 Å². The third kappa shape index (κ3) is 4.40. The lowest BCUT2D eigenvalue weighted by molar-refractivity contribution is 0.531. The van der Waals surface area contributed by atoms with Crippen molar-refractivity contribution in [2.24, 2.45) is 5.73 Å². The maximum atomic E-state index is 5.71. The molecular weight excluding hydrogens is 218 g/mol. The number of thioether (sulfide) groups is 1. The molecule has 0 spiro atoms. The summed E-state index contributed by atoms with van der Waals surface area (Å²) in [4.78, 5) is 0. The van der Waals surface area contributed by atoms with Gasteiger partial charge in [0.2, 0.25) is 0 Å². The van der Waals surface area contributed by atoms with E-state index < -0.39 is 0 Å². The molecule has 2 nitrogen and oxygen atoms in total. The van der Waals surface area contributed by atoms with Gasteiger partial charge in [0.05, 0.1) is 5.75 Å². The summed E-state index contributed by atoms with van der Waals surface area (Å²) in [5.74, 6) is 1.79. The van der Waals surface area contributed by atoms with Crippen LogP contribution in [0.5, 0.6) is 0 Å². The Morgan fingerprint density at radius 2 is 2.21 bits per heavy atom. The van der Waals surface area contributed by atoms with Crippen molar-refractivity contribution < 1.29 is 4.42 Å². The molecule has 1 rings (SSSR count). The minimum atomic E-state index is 0.262. The van der Waals surface area contributed by atoms with Crippen LogP contribution in [0.15, 0.2) is 16.5 Å². The highest BCUT2D eigenvalue weighted by Crippen LogP contribution is 2.23. The molecule has 0 aliphatic heterocycles. The van der Waals surface area contributed by atoms with Crippen molar-refractivity contribution in [3.63, 3.8) is 0 Å². The van der Waals surface area contributed by atoms with E-state index in [1.165, 1.54) is 0 Å². The van der Waals surface area contributed by atoms with Crippen LogP contribution >= 0.6 is 23.4 Å². The molecule has 14 heavy (non-hydrogen) atoms. The second kappa shape index (κ2) is 5.69. The van der Waals surface area contributed by atoms with Gasteiger partial charge in [0.1, 0.15) is 5.76 Å².